The van der Waals surface area contributed by atoms with Crippen LogP contribution in [0.4, 0.5) is 18.9 Å². The van der Waals surface area contributed by atoms with Gasteiger partial charge in [-0.05, 0) is 24.3 Å². The van der Waals surface area contributed by atoms with E-state index in [0.717, 1.165) is 4.31 Å². The van der Waals surface area contributed by atoms with Gasteiger partial charge in [-0.25, -0.2) is 4.68 Å². The maximum Gasteiger partial charge on any atom is 0.435 e. The maximum absolute atomic E-state index is 12.8. The third-order valence-corrected chi connectivity index (χ3v) is 4.13. The third kappa shape index (κ3) is 3.36. The fraction of sp³-hybridized carbons (Fsp3) is 0.273. The Hall–Kier alpha value is -2.14. The van der Waals surface area contributed by atoms with Crippen LogP contribution in [0.5, 0.6) is 0 Å². The Morgan fingerprint density at radius 3 is 2.27 bits per heavy atom. The van der Waals surface area contributed by atoms with Crippen molar-refractivity contribution >= 4 is 15.9 Å². The summed E-state index contributed by atoms with van der Waals surface area (Å²) in [6.45, 7) is 0. The largest absolute Gasteiger partial charge is 0.435 e. The molecule has 22 heavy (non-hydrogen) atoms. The van der Waals surface area contributed by atoms with Crippen LogP contribution in [0, 0.1) is 0 Å². The predicted molar refractivity (Wildman–Crippen MR) is 72.6 cm³/mol. The summed E-state index contributed by atoms with van der Waals surface area (Å²) >= 11 is 0. The highest BCUT2D eigenvalue weighted by molar-refractivity contribution is 7.90. The van der Waals surface area contributed by atoms with Crippen molar-refractivity contribution in [2.45, 2.75) is 6.18 Å². The number of hydrogen-bond acceptors (Lipinski definition) is 4. The molecule has 0 spiro atoms. The molecule has 1 heterocycles. The zero-order chi connectivity index (χ0) is 16.5. The minimum absolute atomic E-state index is 0.109. The average molecular weight is 335 g/mol. The van der Waals surface area contributed by atoms with Gasteiger partial charge in [0.2, 0.25) is 0 Å². The number of benzene rings is 1. The lowest BCUT2D eigenvalue weighted by molar-refractivity contribution is -0.142. The second kappa shape index (κ2) is 5.57. The fourth-order valence-electron chi connectivity index (χ4n) is 1.53. The number of hydrogen-bond donors (Lipinski definition) is 1. The number of nitrogens with one attached hydrogen (secondary N) is 1. The zero-order valence-corrected chi connectivity index (χ0v) is 12.4. The van der Waals surface area contributed by atoms with Gasteiger partial charge in [-0.1, -0.05) is 5.21 Å². The highest BCUT2D eigenvalue weighted by atomic mass is 32.2. The molecule has 1 aromatic heterocycles. The zero-order valence-electron chi connectivity index (χ0n) is 11.5. The molecule has 0 saturated carbocycles. The summed E-state index contributed by atoms with van der Waals surface area (Å²) in [5, 5.41) is 6.63. The van der Waals surface area contributed by atoms with Gasteiger partial charge in [-0.15, -0.1) is 5.10 Å². The molecule has 0 saturated heterocycles. The first-order valence-corrected chi connectivity index (χ1v) is 7.34. The maximum atomic E-state index is 12.8. The Morgan fingerprint density at radius 1 is 1.18 bits per heavy atom. The van der Waals surface area contributed by atoms with E-state index in [0.29, 0.717) is 10.9 Å². The van der Waals surface area contributed by atoms with Crippen molar-refractivity contribution in [2.75, 3.05) is 18.8 Å². The van der Waals surface area contributed by atoms with Gasteiger partial charge in [0.1, 0.15) is 0 Å². The van der Waals surface area contributed by atoms with Gasteiger partial charge in [0.25, 0.3) is 0 Å². The van der Waals surface area contributed by atoms with Crippen LogP contribution in [0.3, 0.4) is 0 Å². The van der Waals surface area contributed by atoms with Crippen molar-refractivity contribution in [3.05, 3.63) is 36.2 Å². The SMILES string of the molecule is CN(C)S(=O)(=O)Nc1ccc(-n2nncc2C(F)(F)F)cc1. The fourth-order valence-corrected chi connectivity index (χ4v) is 2.15. The molecule has 0 radical (unpaired) electrons. The van der Waals surface area contributed by atoms with Crippen molar-refractivity contribution in [1.29, 1.82) is 0 Å². The molecule has 7 nitrogen and oxygen atoms in total. The Kier molecular flexibility index (Phi) is 4.11. The van der Waals surface area contributed by atoms with Gasteiger partial charge in [-0.3, -0.25) is 4.72 Å². The first-order chi connectivity index (χ1) is 10.1. The highest BCUT2D eigenvalue weighted by Gasteiger charge is 2.36. The quantitative estimate of drug-likeness (QED) is 0.918. The summed E-state index contributed by atoms with van der Waals surface area (Å²) in [5.74, 6) is 0. The molecule has 2 aromatic rings. The lowest BCUT2D eigenvalue weighted by Crippen LogP contribution is -2.28. The normalized spacial score (nSPS) is 12.6. The van der Waals surface area contributed by atoms with Crippen LogP contribution >= 0.6 is 0 Å². The molecule has 120 valence electrons. The standard InChI is InChI=1S/C11H12F3N5O2S/c1-18(2)22(20,21)16-8-3-5-9(6-4-8)19-10(7-15-17-19)11(12,13)14/h3-7,16H,1-2H3. The van der Waals surface area contributed by atoms with Crippen molar-refractivity contribution in [3.63, 3.8) is 0 Å². The minimum Gasteiger partial charge on any atom is -0.271 e. The van der Waals surface area contributed by atoms with Crippen LogP contribution in [0.25, 0.3) is 5.69 Å². The van der Waals surface area contributed by atoms with Crippen LogP contribution < -0.4 is 4.72 Å². The number of nitrogens with zero attached hydrogens (tertiary/aromatic N) is 4. The molecule has 0 aliphatic rings. The molecule has 11 heteroatoms. The topological polar surface area (TPSA) is 80.1 Å². The second-order valence-corrected chi connectivity index (χ2v) is 6.35. The van der Waals surface area contributed by atoms with E-state index in [1.165, 1.54) is 38.4 Å². The summed E-state index contributed by atoms with van der Waals surface area (Å²) in [5.41, 5.74) is -0.696. The van der Waals surface area contributed by atoms with E-state index in [1.54, 1.807) is 0 Å². The van der Waals surface area contributed by atoms with E-state index in [9.17, 15) is 21.6 Å². The monoisotopic (exact) mass is 335 g/mol. The summed E-state index contributed by atoms with van der Waals surface area (Å²) in [4.78, 5) is 0. The molecule has 1 aromatic carbocycles. The lowest BCUT2D eigenvalue weighted by atomic mass is 10.3. The molecule has 2 rings (SSSR count). The van der Waals surface area contributed by atoms with Crippen molar-refractivity contribution in [1.82, 2.24) is 19.3 Å². The molecule has 0 aliphatic carbocycles. The average Bonchev–Trinajstić information content (AvgIpc) is 2.88. The van der Waals surface area contributed by atoms with Crippen LogP contribution in [0.1, 0.15) is 5.69 Å². The van der Waals surface area contributed by atoms with E-state index in [-0.39, 0.29) is 11.4 Å². The number of rotatable bonds is 4. The Bertz CT molecular complexity index is 753. The molecular weight excluding hydrogens is 323 g/mol. The molecule has 0 unspecified atom stereocenters. The smallest absolute Gasteiger partial charge is 0.271 e. The molecule has 1 N–H and O–H groups in total. The third-order valence-electron chi connectivity index (χ3n) is 2.68. The lowest BCUT2D eigenvalue weighted by Gasteiger charge is -2.14. The van der Waals surface area contributed by atoms with E-state index in [1.807, 2.05) is 0 Å². The predicted octanol–water partition coefficient (Wildman–Crippen LogP) is 1.50. The summed E-state index contributed by atoms with van der Waals surface area (Å²) in [6, 6.07) is 5.27. The number of anilines is 1. The summed E-state index contributed by atoms with van der Waals surface area (Å²) in [6.07, 6.45) is -3.97. The molecule has 0 atom stereocenters. The van der Waals surface area contributed by atoms with Crippen LogP contribution in [-0.4, -0.2) is 41.8 Å². The number of aromatic nitrogens is 3. The van der Waals surface area contributed by atoms with E-state index >= 15 is 0 Å². The Morgan fingerprint density at radius 2 is 1.77 bits per heavy atom. The van der Waals surface area contributed by atoms with Crippen LogP contribution in [-0.2, 0) is 16.4 Å². The highest BCUT2D eigenvalue weighted by Crippen LogP contribution is 2.30. The molecule has 0 aliphatic heterocycles. The minimum atomic E-state index is -4.59. The Balaban J connectivity index is 2.29. The van der Waals surface area contributed by atoms with Gasteiger partial charge in [0, 0.05) is 19.8 Å². The van der Waals surface area contributed by atoms with Gasteiger partial charge in [-0.2, -0.15) is 25.9 Å². The number of halogens is 3. The summed E-state index contributed by atoms with van der Waals surface area (Å²) in [7, 11) is -0.983. The molecule has 0 bridgehead atoms. The molecule has 0 amide bonds. The van der Waals surface area contributed by atoms with Crippen LogP contribution in [0.15, 0.2) is 30.5 Å². The van der Waals surface area contributed by atoms with E-state index in [4.69, 9.17) is 0 Å². The van der Waals surface area contributed by atoms with Gasteiger partial charge < -0.3 is 0 Å². The summed E-state index contributed by atoms with van der Waals surface area (Å²) < 4.78 is 65.4. The molecule has 0 fully saturated rings. The number of alkyl halides is 3. The van der Waals surface area contributed by atoms with E-state index < -0.39 is 22.1 Å². The molecular formula is C11H12F3N5O2S. The van der Waals surface area contributed by atoms with Gasteiger partial charge in [0.05, 0.1) is 11.9 Å². The van der Waals surface area contributed by atoms with Crippen molar-refractivity contribution in [3.8, 4) is 5.69 Å². The van der Waals surface area contributed by atoms with Crippen molar-refractivity contribution in [2.24, 2.45) is 0 Å². The van der Waals surface area contributed by atoms with E-state index in [2.05, 4.69) is 15.0 Å². The first-order valence-electron chi connectivity index (χ1n) is 5.90. The Labute approximate surface area is 124 Å². The van der Waals surface area contributed by atoms with Gasteiger partial charge in [0.15, 0.2) is 5.69 Å². The second-order valence-electron chi connectivity index (χ2n) is 4.47. The first kappa shape index (κ1) is 16.2. The van der Waals surface area contributed by atoms with Crippen molar-refractivity contribution < 1.29 is 21.6 Å². The van der Waals surface area contributed by atoms with Crippen LogP contribution in [0.2, 0.25) is 0 Å². The van der Waals surface area contributed by atoms with Gasteiger partial charge >= 0.3 is 16.4 Å².